The minimum Gasteiger partial charge on any atom is -0.375 e. The molecule has 0 aromatic heterocycles. The second-order valence-electron chi connectivity index (χ2n) is 5.53. The molecule has 3 saturated heterocycles. The Morgan fingerprint density at radius 2 is 2.06 bits per heavy atom. The van der Waals surface area contributed by atoms with E-state index in [1.807, 2.05) is 11.8 Å². The molecule has 0 aliphatic carbocycles. The van der Waals surface area contributed by atoms with Crippen LogP contribution in [0.25, 0.3) is 0 Å². The number of hydrogen-bond acceptors (Lipinski definition) is 4. The number of nitrogens with one attached hydrogen (secondary N) is 1. The van der Waals surface area contributed by atoms with Crippen LogP contribution in [-0.4, -0.2) is 49.0 Å². The lowest BCUT2D eigenvalue weighted by Gasteiger charge is -2.39. The molecule has 17 heavy (non-hydrogen) atoms. The van der Waals surface area contributed by atoms with E-state index in [-0.39, 0.29) is 5.60 Å². The van der Waals surface area contributed by atoms with Gasteiger partial charge in [0.05, 0.1) is 17.8 Å². The summed E-state index contributed by atoms with van der Waals surface area (Å²) in [6, 6.07) is 0. The quantitative estimate of drug-likeness (QED) is 0.817. The van der Waals surface area contributed by atoms with Crippen LogP contribution in [0, 0.1) is 0 Å². The van der Waals surface area contributed by atoms with Crippen LogP contribution in [-0.2, 0) is 9.47 Å². The highest BCUT2D eigenvalue weighted by Crippen LogP contribution is 2.39. The molecular formula is C13H23NO2S. The highest BCUT2D eigenvalue weighted by molar-refractivity contribution is 7.99. The maximum Gasteiger partial charge on any atom is 0.0805 e. The van der Waals surface area contributed by atoms with Gasteiger partial charge in [-0.15, -0.1) is 0 Å². The number of rotatable bonds is 2. The van der Waals surface area contributed by atoms with E-state index >= 15 is 0 Å². The molecule has 3 heterocycles. The van der Waals surface area contributed by atoms with E-state index in [1.54, 1.807) is 0 Å². The van der Waals surface area contributed by atoms with Crippen molar-refractivity contribution < 1.29 is 9.47 Å². The standard InChI is InChI=1S/C13H23NO2S/c1-5-14-6-2-11(1)16-12-3-7-15-13(9-12)4-8-17-10-13/h11-12,14H,1-10H2. The summed E-state index contributed by atoms with van der Waals surface area (Å²) in [6.07, 6.45) is 6.75. The largest absolute Gasteiger partial charge is 0.375 e. The van der Waals surface area contributed by atoms with Gasteiger partial charge >= 0.3 is 0 Å². The van der Waals surface area contributed by atoms with E-state index in [0.29, 0.717) is 12.2 Å². The minimum atomic E-state index is 0.167. The molecule has 3 aliphatic heterocycles. The van der Waals surface area contributed by atoms with Crippen LogP contribution < -0.4 is 5.32 Å². The molecule has 0 radical (unpaired) electrons. The zero-order valence-electron chi connectivity index (χ0n) is 10.5. The molecule has 2 atom stereocenters. The highest BCUT2D eigenvalue weighted by atomic mass is 32.2. The third-order valence-electron chi connectivity index (χ3n) is 4.19. The van der Waals surface area contributed by atoms with Crippen LogP contribution >= 0.6 is 11.8 Å². The third kappa shape index (κ3) is 2.98. The molecule has 1 spiro atoms. The first-order valence-corrected chi connectivity index (χ1v) is 8.10. The van der Waals surface area contributed by atoms with Crippen LogP contribution in [0.3, 0.4) is 0 Å². The van der Waals surface area contributed by atoms with Crippen molar-refractivity contribution in [3.05, 3.63) is 0 Å². The van der Waals surface area contributed by atoms with Crippen molar-refractivity contribution >= 4 is 11.8 Å². The second kappa shape index (κ2) is 5.47. The van der Waals surface area contributed by atoms with Gasteiger partial charge < -0.3 is 14.8 Å². The highest BCUT2D eigenvalue weighted by Gasteiger charge is 2.41. The predicted molar refractivity (Wildman–Crippen MR) is 70.6 cm³/mol. The van der Waals surface area contributed by atoms with Gasteiger partial charge in [0, 0.05) is 18.8 Å². The van der Waals surface area contributed by atoms with Gasteiger partial charge in [-0.2, -0.15) is 11.8 Å². The Kier molecular flexibility index (Phi) is 3.95. The van der Waals surface area contributed by atoms with Gasteiger partial charge in [0.2, 0.25) is 0 Å². The van der Waals surface area contributed by atoms with Crippen molar-refractivity contribution in [2.24, 2.45) is 0 Å². The van der Waals surface area contributed by atoms with Gasteiger partial charge in [-0.1, -0.05) is 0 Å². The van der Waals surface area contributed by atoms with Gasteiger partial charge in [0.15, 0.2) is 0 Å². The van der Waals surface area contributed by atoms with E-state index < -0.39 is 0 Å². The van der Waals surface area contributed by atoms with Gasteiger partial charge in [0.25, 0.3) is 0 Å². The Bertz CT molecular complexity index is 250. The van der Waals surface area contributed by atoms with Crippen molar-refractivity contribution in [2.45, 2.75) is 49.9 Å². The summed E-state index contributed by atoms with van der Waals surface area (Å²) in [5.74, 6) is 2.44. The van der Waals surface area contributed by atoms with Gasteiger partial charge in [-0.25, -0.2) is 0 Å². The molecule has 3 fully saturated rings. The van der Waals surface area contributed by atoms with Crippen LogP contribution in [0.4, 0.5) is 0 Å². The first kappa shape index (κ1) is 12.3. The van der Waals surface area contributed by atoms with E-state index in [1.165, 1.54) is 30.8 Å². The molecule has 3 aliphatic rings. The Morgan fingerprint density at radius 1 is 1.18 bits per heavy atom. The first-order chi connectivity index (χ1) is 8.36. The summed E-state index contributed by atoms with van der Waals surface area (Å²) in [5, 5.41) is 3.39. The summed E-state index contributed by atoms with van der Waals surface area (Å²) >= 11 is 2.04. The lowest BCUT2D eigenvalue weighted by molar-refractivity contribution is -0.140. The number of hydrogen-bond donors (Lipinski definition) is 1. The summed E-state index contributed by atoms with van der Waals surface area (Å²) in [5.41, 5.74) is 0.167. The van der Waals surface area contributed by atoms with E-state index in [2.05, 4.69) is 5.32 Å². The van der Waals surface area contributed by atoms with Gasteiger partial charge in [-0.05, 0) is 44.5 Å². The fourth-order valence-corrected chi connectivity index (χ4v) is 4.54. The molecule has 1 N–H and O–H groups in total. The molecule has 98 valence electrons. The van der Waals surface area contributed by atoms with Crippen molar-refractivity contribution in [2.75, 3.05) is 31.2 Å². The van der Waals surface area contributed by atoms with Crippen LogP contribution in [0.2, 0.25) is 0 Å². The second-order valence-corrected chi connectivity index (χ2v) is 6.64. The molecule has 0 aromatic rings. The third-order valence-corrected chi connectivity index (χ3v) is 5.41. The molecular weight excluding hydrogens is 234 g/mol. The molecule has 0 aromatic carbocycles. The molecule has 2 unspecified atom stereocenters. The summed E-state index contributed by atoms with van der Waals surface area (Å²) in [7, 11) is 0. The molecule has 0 amide bonds. The average Bonchev–Trinajstić information content (AvgIpc) is 2.79. The summed E-state index contributed by atoms with van der Waals surface area (Å²) in [6.45, 7) is 3.14. The molecule has 0 saturated carbocycles. The fraction of sp³-hybridized carbons (Fsp3) is 1.00. The Morgan fingerprint density at radius 3 is 2.82 bits per heavy atom. The maximum atomic E-state index is 6.29. The Balaban J connectivity index is 1.52. The first-order valence-electron chi connectivity index (χ1n) is 6.94. The lowest BCUT2D eigenvalue weighted by Crippen LogP contribution is -2.45. The SMILES string of the molecule is C1CC(OC2CCOC3(CCSC3)C2)CCN1. The number of ether oxygens (including phenoxy) is 2. The van der Waals surface area contributed by atoms with Crippen molar-refractivity contribution in [3.8, 4) is 0 Å². The van der Waals surface area contributed by atoms with Crippen molar-refractivity contribution in [1.82, 2.24) is 5.32 Å². The Hall–Kier alpha value is 0.230. The van der Waals surface area contributed by atoms with E-state index in [4.69, 9.17) is 9.47 Å². The fourth-order valence-electron chi connectivity index (χ4n) is 3.17. The van der Waals surface area contributed by atoms with Gasteiger partial charge in [0.1, 0.15) is 0 Å². The Labute approximate surface area is 108 Å². The predicted octanol–water partition coefficient (Wildman–Crippen LogP) is 1.81. The maximum absolute atomic E-state index is 6.29. The van der Waals surface area contributed by atoms with Crippen LogP contribution in [0.5, 0.6) is 0 Å². The van der Waals surface area contributed by atoms with Crippen LogP contribution in [0.15, 0.2) is 0 Å². The van der Waals surface area contributed by atoms with E-state index in [0.717, 1.165) is 32.5 Å². The zero-order valence-corrected chi connectivity index (χ0v) is 11.3. The molecule has 4 heteroatoms. The van der Waals surface area contributed by atoms with Crippen molar-refractivity contribution in [3.63, 3.8) is 0 Å². The molecule has 3 rings (SSSR count). The van der Waals surface area contributed by atoms with Crippen molar-refractivity contribution in [1.29, 1.82) is 0 Å². The number of thioether (sulfide) groups is 1. The average molecular weight is 257 g/mol. The summed E-state index contributed by atoms with van der Waals surface area (Å²) < 4.78 is 12.3. The zero-order chi connectivity index (χ0) is 11.6. The number of piperidine rings is 1. The lowest BCUT2D eigenvalue weighted by atomic mass is 9.91. The smallest absolute Gasteiger partial charge is 0.0805 e. The monoisotopic (exact) mass is 257 g/mol. The van der Waals surface area contributed by atoms with Gasteiger partial charge in [-0.3, -0.25) is 0 Å². The van der Waals surface area contributed by atoms with Crippen LogP contribution in [0.1, 0.15) is 32.1 Å². The topological polar surface area (TPSA) is 30.5 Å². The van der Waals surface area contributed by atoms with E-state index in [9.17, 15) is 0 Å². The summed E-state index contributed by atoms with van der Waals surface area (Å²) in [4.78, 5) is 0. The molecule has 0 bridgehead atoms. The minimum absolute atomic E-state index is 0.167. The molecule has 3 nitrogen and oxygen atoms in total. The normalized spacial score (nSPS) is 39.9.